The van der Waals surface area contributed by atoms with Crippen molar-refractivity contribution < 1.29 is 13.7 Å². The molecule has 162 valence electrons. The smallest absolute Gasteiger partial charge is 0.227 e. The number of halogens is 1. The van der Waals surface area contributed by atoms with Gasteiger partial charge in [-0.3, -0.25) is 4.79 Å². The van der Waals surface area contributed by atoms with Crippen LogP contribution in [-0.2, 0) is 17.6 Å². The molecule has 0 atom stereocenters. The number of amides is 1. The number of rotatable bonds is 7. The Kier molecular flexibility index (Phi) is 6.75. The van der Waals surface area contributed by atoms with Gasteiger partial charge in [-0.1, -0.05) is 35.0 Å². The van der Waals surface area contributed by atoms with Gasteiger partial charge in [0.25, 0.3) is 0 Å². The Bertz CT molecular complexity index is 990. The topological polar surface area (TPSA) is 59.2 Å². The zero-order valence-corrected chi connectivity index (χ0v) is 17.9. The summed E-state index contributed by atoms with van der Waals surface area (Å²) in [6.07, 6.45) is 5.19. The van der Waals surface area contributed by atoms with Crippen LogP contribution >= 0.6 is 0 Å². The second-order valence-electron chi connectivity index (χ2n) is 8.37. The Morgan fingerprint density at radius 1 is 1.06 bits per heavy atom. The Morgan fingerprint density at radius 3 is 2.48 bits per heavy atom. The summed E-state index contributed by atoms with van der Waals surface area (Å²) < 4.78 is 18.3. The van der Waals surface area contributed by atoms with Crippen LogP contribution in [0.4, 0.5) is 4.39 Å². The van der Waals surface area contributed by atoms with E-state index in [9.17, 15) is 9.18 Å². The van der Waals surface area contributed by atoms with Gasteiger partial charge < -0.3 is 9.42 Å². The molecule has 2 aromatic carbocycles. The van der Waals surface area contributed by atoms with Crippen LogP contribution in [0.3, 0.4) is 0 Å². The Labute approximate surface area is 182 Å². The molecule has 31 heavy (non-hydrogen) atoms. The highest BCUT2D eigenvalue weighted by Gasteiger charge is 2.23. The van der Waals surface area contributed by atoms with E-state index in [1.807, 2.05) is 4.90 Å². The molecule has 1 amide bonds. The fourth-order valence-electron chi connectivity index (χ4n) is 4.04. The second kappa shape index (κ2) is 9.86. The van der Waals surface area contributed by atoms with E-state index >= 15 is 0 Å². The molecule has 0 bridgehead atoms. The molecular weight excluding hydrogens is 393 g/mol. The summed E-state index contributed by atoms with van der Waals surface area (Å²) >= 11 is 0. The average molecular weight is 422 g/mol. The first-order valence-corrected chi connectivity index (χ1v) is 11.0. The van der Waals surface area contributed by atoms with Gasteiger partial charge in [0.2, 0.25) is 17.6 Å². The fraction of sp³-hybridized carbons (Fsp3) is 0.400. The van der Waals surface area contributed by atoms with Gasteiger partial charge in [0.1, 0.15) is 5.82 Å². The summed E-state index contributed by atoms with van der Waals surface area (Å²) in [6.45, 7) is 3.75. The molecule has 0 aliphatic carbocycles. The fourth-order valence-corrected chi connectivity index (χ4v) is 4.04. The third kappa shape index (κ3) is 5.78. The molecule has 0 saturated carbocycles. The summed E-state index contributed by atoms with van der Waals surface area (Å²) in [7, 11) is 0. The standard InChI is InChI=1S/C25H28FN3O2/c1-18-2-4-19(5-3-18)6-7-20-14-16-29(17-15-20)24(30)13-12-23-27-25(28-31-23)21-8-10-22(26)11-9-21/h2-5,8-11,20H,6-7,12-17H2,1H3. The molecule has 0 radical (unpaired) electrons. The quantitative estimate of drug-likeness (QED) is 0.539. The van der Waals surface area contributed by atoms with Crippen molar-refractivity contribution in [2.45, 2.75) is 45.4 Å². The summed E-state index contributed by atoms with van der Waals surface area (Å²) in [5.41, 5.74) is 3.38. The largest absolute Gasteiger partial charge is 0.343 e. The number of aromatic nitrogens is 2. The van der Waals surface area contributed by atoms with E-state index in [0.29, 0.717) is 36.0 Å². The van der Waals surface area contributed by atoms with Crippen LogP contribution in [0.5, 0.6) is 0 Å². The second-order valence-corrected chi connectivity index (χ2v) is 8.37. The number of likely N-dealkylation sites (tertiary alicyclic amines) is 1. The summed E-state index contributed by atoms with van der Waals surface area (Å²) in [6, 6.07) is 14.7. The lowest BCUT2D eigenvalue weighted by molar-refractivity contribution is -0.132. The highest BCUT2D eigenvalue weighted by Crippen LogP contribution is 2.23. The van der Waals surface area contributed by atoms with Crippen molar-refractivity contribution in [1.29, 1.82) is 0 Å². The molecule has 1 aliphatic rings. The third-order valence-electron chi connectivity index (χ3n) is 6.05. The zero-order chi connectivity index (χ0) is 21.6. The molecule has 2 heterocycles. The Morgan fingerprint density at radius 2 is 1.77 bits per heavy atom. The van der Waals surface area contributed by atoms with Crippen molar-refractivity contribution in [3.63, 3.8) is 0 Å². The average Bonchev–Trinajstić information content (AvgIpc) is 3.27. The summed E-state index contributed by atoms with van der Waals surface area (Å²) in [5, 5.41) is 3.93. The van der Waals surface area contributed by atoms with Gasteiger partial charge in [-0.25, -0.2) is 4.39 Å². The van der Waals surface area contributed by atoms with Crippen molar-refractivity contribution in [3.8, 4) is 11.4 Å². The number of hydrogen-bond donors (Lipinski definition) is 0. The molecule has 4 rings (SSSR count). The van der Waals surface area contributed by atoms with E-state index in [1.165, 1.54) is 29.7 Å². The number of carbonyl (C=O) groups excluding carboxylic acids is 1. The summed E-state index contributed by atoms with van der Waals surface area (Å²) in [5.74, 6) is 1.35. The highest BCUT2D eigenvalue weighted by molar-refractivity contribution is 5.76. The van der Waals surface area contributed by atoms with E-state index in [0.717, 1.165) is 32.4 Å². The molecule has 1 saturated heterocycles. The van der Waals surface area contributed by atoms with E-state index in [-0.39, 0.29) is 11.7 Å². The molecule has 3 aromatic rings. The van der Waals surface area contributed by atoms with Crippen molar-refractivity contribution in [1.82, 2.24) is 15.0 Å². The summed E-state index contributed by atoms with van der Waals surface area (Å²) in [4.78, 5) is 18.9. The van der Waals surface area contributed by atoms with Crippen LogP contribution in [0.15, 0.2) is 53.1 Å². The molecule has 1 fully saturated rings. The minimum absolute atomic E-state index is 0.138. The normalized spacial score (nSPS) is 14.7. The van der Waals surface area contributed by atoms with Crippen LogP contribution in [0.1, 0.15) is 42.7 Å². The number of aryl methyl sites for hydroxylation is 3. The number of hydrogen-bond acceptors (Lipinski definition) is 4. The molecular formula is C25H28FN3O2. The lowest BCUT2D eigenvalue weighted by atomic mass is 9.90. The number of nitrogens with zero attached hydrogens (tertiary/aromatic N) is 3. The Hall–Kier alpha value is -3.02. The van der Waals surface area contributed by atoms with Crippen molar-refractivity contribution in [2.75, 3.05) is 13.1 Å². The first-order chi connectivity index (χ1) is 15.1. The van der Waals surface area contributed by atoms with Gasteiger partial charge in [0.05, 0.1) is 0 Å². The number of benzene rings is 2. The Balaban J connectivity index is 1.20. The van der Waals surface area contributed by atoms with E-state index in [4.69, 9.17) is 4.52 Å². The number of piperidine rings is 1. The lowest BCUT2D eigenvalue weighted by Gasteiger charge is -2.32. The zero-order valence-electron chi connectivity index (χ0n) is 17.9. The maximum atomic E-state index is 13.0. The lowest BCUT2D eigenvalue weighted by Crippen LogP contribution is -2.38. The minimum Gasteiger partial charge on any atom is -0.343 e. The van der Waals surface area contributed by atoms with E-state index in [2.05, 4.69) is 41.3 Å². The van der Waals surface area contributed by atoms with Crippen LogP contribution in [0.25, 0.3) is 11.4 Å². The first-order valence-electron chi connectivity index (χ1n) is 11.0. The molecule has 0 spiro atoms. The van der Waals surface area contributed by atoms with Crippen molar-refractivity contribution >= 4 is 5.91 Å². The van der Waals surface area contributed by atoms with Crippen LogP contribution in [0.2, 0.25) is 0 Å². The SMILES string of the molecule is Cc1ccc(CCC2CCN(C(=O)CCc3nc(-c4ccc(F)cc4)no3)CC2)cc1. The molecule has 6 heteroatoms. The highest BCUT2D eigenvalue weighted by atomic mass is 19.1. The molecule has 0 N–H and O–H groups in total. The van der Waals surface area contributed by atoms with Gasteiger partial charge in [0.15, 0.2) is 0 Å². The number of carbonyl (C=O) groups is 1. The predicted octanol–water partition coefficient (Wildman–Crippen LogP) is 4.99. The van der Waals surface area contributed by atoms with Crippen molar-refractivity contribution in [3.05, 3.63) is 71.4 Å². The third-order valence-corrected chi connectivity index (χ3v) is 6.05. The molecule has 0 unspecified atom stereocenters. The van der Waals surface area contributed by atoms with Gasteiger partial charge in [-0.2, -0.15) is 4.98 Å². The maximum Gasteiger partial charge on any atom is 0.227 e. The molecule has 1 aliphatic heterocycles. The molecule has 1 aromatic heterocycles. The van der Waals surface area contributed by atoms with Crippen molar-refractivity contribution in [2.24, 2.45) is 5.92 Å². The van der Waals surface area contributed by atoms with Gasteiger partial charge >= 0.3 is 0 Å². The van der Waals surface area contributed by atoms with Crippen LogP contribution in [0, 0.1) is 18.7 Å². The van der Waals surface area contributed by atoms with Crippen LogP contribution < -0.4 is 0 Å². The minimum atomic E-state index is -0.308. The first kappa shape index (κ1) is 21.2. The van der Waals surface area contributed by atoms with Crippen LogP contribution in [-0.4, -0.2) is 34.0 Å². The van der Waals surface area contributed by atoms with E-state index in [1.54, 1.807) is 12.1 Å². The van der Waals surface area contributed by atoms with Gasteiger partial charge in [-0.05, 0) is 68.4 Å². The molecule has 5 nitrogen and oxygen atoms in total. The maximum absolute atomic E-state index is 13.0. The monoisotopic (exact) mass is 421 g/mol. The van der Waals surface area contributed by atoms with Gasteiger partial charge in [0, 0.05) is 31.5 Å². The predicted molar refractivity (Wildman–Crippen MR) is 117 cm³/mol. The van der Waals surface area contributed by atoms with Gasteiger partial charge in [-0.15, -0.1) is 0 Å². The van der Waals surface area contributed by atoms with E-state index < -0.39 is 0 Å².